The van der Waals surface area contributed by atoms with E-state index in [9.17, 15) is 9.59 Å². The van der Waals surface area contributed by atoms with Crippen LogP contribution in [0.3, 0.4) is 0 Å². The van der Waals surface area contributed by atoms with Crippen LogP contribution in [0, 0.1) is 0 Å². The SMILES string of the molecule is NC(=O)c1ccccc1COc1cc(Br)ccc1C(=O)O. The van der Waals surface area contributed by atoms with Crippen molar-refractivity contribution in [2.24, 2.45) is 5.73 Å². The van der Waals surface area contributed by atoms with Gasteiger partial charge in [0.2, 0.25) is 5.91 Å². The first-order valence-corrected chi connectivity index (χ1v) is 6.81. The van der Waals surface area contributed by atoms with E-state index in [1.54, 1.807) is 36.4 Å². The molecule has 2 aromatic rings. The molecule has 0 fully saturated rings. The van der Waals surface area contributed by atoms with E-state index < -0.39 is 11.9 Å². The van der Waals surface area contributed by atoms with Gasteiger partial charge in [0.1, 0.15) is 17.9 Å². The van der Waals surface area contributed by atoms with Gasteiger partial charge in [-0.2, -0.15) is 0 Å². The van der Waals surface area contributed by atoms with Gasteiger partial charge in [-0.3, -0.25) is 4.79 Å². The molecule has 0 bridgehead atoms. The van der Waals surface area contributed by atoms with Crippen LogP contribution in [-0.2, 0) is 6.61 Å². The van der Waals surface area contributed by atoms with Crippen molar-refractivity contribution >= 4 is 27.8 Å². The highest BCUT2D eigenvalue weighted by atomic mass is 79.9. The average molecular weight is 350 g/mol. The highest BCUT2D eigenvalue weighted by Gasteiger charge is 2.13. The summed E-state index contributed by atoms with van der Waals surface area (Å²) in [7, 11) is 0. The molecule has 0 aliphatic carbocycles. The molecule has 0 saturated heterocycles. The van der Waals surface area contributed by atoms with Gasteiger partial charge in [0.05, 0.1) is 0 Å². The number of halogens is 1. The molecular weight excluding hydrogens is 338 g/mol. The van der Waals surface area contributed by atoms with Crippen LogP contribution in [0.25, 0.3) is 0 Å². The zero-order valence-electron chi connectivity index (χ0n) is 10.9. The Balaban J connectivity index is 2.27. The molecule has 0 heterocycles. The van der Waals surface area contributed by atoms with Crippen molar-refractivity contribution in [2.45, 2.75) is 6.61 Å². The van der Waals surface area contributed by atoms with Crippen molar-refractivity contribution in [3.63, 3.8) is 0 Å². The Hall–Kier alpha value is -2.34. The van der Waals surface area contributed by atoms with Crippen LogP contribution in [0.15, 0.2) is 46.9 Å². The number of benzene rings is 2. The molecule has 2 aromatic carbocycles. The molecule has 0 spiro atoms. The monoisotopic (exact) mass is 349 g/mol. The van der Waals surface area contributed by atoms with E-state index in [2.05, 4.69) is 15.9 Å². The maximum Gasteiger partial charge on any atom is 0.339 e. The molecule has 0 atom stereocenters. The van der Waals surface area contributed by atoms with Gasteiger partial charge in [0.25, 0.3) is 0 Å². The van der Waals surface area contributed by atoms with Gasteiger partial charge in [0, 0.05) is 15.6 Å². The molecular formula is C15H12BrNO4. The van der Waals surface area contributed by atoms with Crippen LogP contribution in [0.2, 0.25) is 0 Å². The summed E-state index contributed by atoms with van der Waals surface area (Å²) in [6.45, 7) is 0.0514. The average Bonchev–Trinajstić information content (AvgIpc) is 2.45. The van der Waals surface area contributed by atoms with E-state index in [-0.39, 0.29) is 17.9 Å². The molecule has 108 valence electrons. The second-order valence-corrected chi connectivity index (χ2v) is 5.17. The summed E-state index contributed by atoms with van der Waals surface area (Å²) in [5.74, 6) is -1.42. The first kappa shape index (κ1) is 15.1. The summed E-state index contributed by atoms with van der Waals surface area (Å²) >= 11 is 3.26. The van der Waals surface area contributed by atoms with E-state index in [0.29, 0.717) is 15.6 Å². The lowest BCUT2D eigenvalue weighted by atomic mass is 10.1. The fourth-order valence-electron chi connectivity index (χ4n) is 1.83. The van der Waals surface area contributed by atoms with Crippen molar-refractivity contribution in [3.05, 3.63) is 63.6 Å². The maximum absolute atomic E-state index is 11.3. The number of carbonyl (C=O) groups excluding carboxylic acids is 1. The van der Waals surface area contributed by atoms with Crippen LogP contribution in [-0.4, -0.2) is 17.0 Å². The molecule has 6 heteroatoms. The minimum absolute atomic E-state index is 0.0507. The molecule has 5 nitrogen and oxygen atoms in total. The first-order chi connectivity index (χ1) is 9.99. The number of ether oxygens (including phenoxy) is 1. The highest BCUT2D eigenvalue weighted by Crippen LogP contribution is 2.25. The predicted octanol–water partition coefficient (Wildman–Crippen LogP) is 2.83. The summed E-state index contributed by atoms with van der Waals surface area (Å²) in [6.07, 6.45) is 0. The van der Waals surface area contributed by atoms with Gasteiger partial charge in [-0.1, -0.05) is 34.1 Å². The number of amides is 1. The van der Waals surface area contributed by atoms with E-state index in [4.69, 9.17) is 15.6 Å². The third-order valence-electron chi connectivity index (χ3n) is 2.84. The number of nitrogens with two attached hydrogens (primary N) is 1. The lowest BCUT2D eigenvalue weighted by Gasteiger charge is -2.11. The highest BCUT2D eigenvalue weighted by molar-refractivity contribution is 9.10. The maximum atomic E-state index is 11.3. The van der Waals surface area contributed by atoms with E-state index in [0.717, 1.165) is 0 Å². The van der Waals surface area contributed by atoms with Crippen LogP contribution < -0.4 is 10.5 Å². The standard InChI is InChI=1S/C15H12BrNO4/c16-10-5-6-12(15(19)20)13(7-10)21-8-9-3-1-2-4-11(9)14(17)18/h1-7H,8H2,(H2,17,18)(H,19,20). The minimum Gasteiger partial charge on any atom is -0.488 e. The fourth-order valence-corrected chi connectivity index (χ4v) is 2.17. The Morgan fingerprint density at radius 1 is 1.14 bits per heavy atom. The topological polar surface area (TPSA) is 89.6 Å². The number of primary amides is 1. The zero-order chi connectivity index (χ0) is 15.4. The fraction of sp³-hybridized carbons (Fsp3) is 0.0667. The Labute approximate surface area is 129 Å². The number of carboxylic acid groups (broad SMARTS) is 1. The van der Waals surface area contributed by atoms with Crippen LogP contribution in [0.5, 0.6) is 5.75 Å². The summed E-state index contributed by atoms with van der Waals surface area (Å²) < 4.78 is 6.24. The van der Waals surface area contributed by atoms with Gasteiger partial charge in [-0.15, -0.1) is 0 Å². The molecule has 2 rings (SSSR count). The summed E-state index contributed by atoms with van der Waals surface area (Å²) in [6, 6.07) is 11.4. The zero-order valence-corrected chi connectivity index (χ0v) is 12.5. The minimum atomic E-state index is -1.08. The van der Waals surface area contributed by atoms with Crippen LogP contribution in [0.1, 0.15) is 26.3 Å². The Morgan fingerprint density at radius 2 is 1.86 bits per heavy atom. The smallest absolute Gasteiger partial charge is 0.339 e. The molecule has 21 heavy (non-hydrogen) atoms. The molecule has 0 saturated carbocycles. The Morgan fingerprint density at radius 3 is 2.52 bits per heavy atom. The largest absolute Gasteiger partial charge is 0.488 e. The lowest BCUT2D eigenvalue weighted by molar-refractivity contribution is 0.0691. The number of hydrogen-bond acceptors (Lipinski definition) is 3. The van der Waals surface area contributed by atoms with Crippen molar-refractivity contribution < 1.29 is 19.4 Å². The molecule has 0 radical (unpaired) electrons. The molecule has 0 unspecified atom stereocenters. The second kappa shape index (κ2) is 6.41. The third-order valence-corrected chi connectivity index (χ3v) is 3.33. The first-order valence-electron chi connectivity index (χ1n) is 6.02. The summed E-state index contributed by atoms with van der Waals surface area (Å²) in [4.78, 5) is 22.5. The van der Waals surface area contributed by atoms with Gasteiger partial charge in [0.15, 0.2) is 0 Å². The van der Waals surface area contributed by atoms with Gasteiger partial charge < -0.3 is 15.6 Å². The third kappa shape index (κ3) is 3.61. The predicted molar refractivity (Wildman–Crippen MR) is 80.4 cm³/mol. The van der Waals surface area contributed by atoms with Crippen molar-refractivity contribution in [3.8, 4) is 5.75 Å². The van der Waals surface area contributed by atoms with Crippen LogP contribution in [0.4, 0.5) is 0 Å². The molecule has 0 aliphatic rings. The number of rotatable bonds is 5. The van der Waals surface area contributed by atoms with Crippen LogP contribution >= 0.6 is 15.9 Å². The molecule has 0 aromatic heterocycles. The van der Waals surface area contributed by atoms with Gasteiger partial charge in [-0.05, 0) is 24.3 Å². The number of aromatic carboxylic acids is 1. The second-order valence-electron chi connectivity index (χ2n) is 4.26. The van der Waals surface area contributed by atoms with Crippen molar-refractivity contribution in [1.82, 2.24) is 0 Å². The lowest BCUT2D eigenvalue weighted by Crippen LogP contribution is -2.15. The Bertz CT molecular complexity index is 700. The summed E-state index contributed by atoms with van der Waals surface area (Å²) in [5.41, 5.74) is 6.29. The van der Waals surface area contributed by atoms with Crippen molar-refractivity contribution in [2.75, 3.05) is 0 Å². The normalized spacial score (nSPS) is 10.1. The van der Waals surface area contributed by atoms with E-state index >= 15 is 0 Å². The Kier molecular flexibility index (Phi) is 4.59. The quantitative estimate of drug-likeness (QED) is 0.868. The number of hydrogen-bond donors (Lipinski definition) is 2. The van der Waals surface area contributed by atoms with E-state index in [1.165, 1.54) is 6.07 Å². The number of carbonyl (C=O) groups is 2. The van der Waals surface area contributed by atoms with Crippen molar-refractivity contribution in [1.29, 1.82) is 0 Å². The molecule has 3 N–H and O–H groups in total. The van der Waals surface area contributed by atoms with E-state index in [1.807, 2.05) is 0 Å². The summed E-state index contributed by atoms with van der Waals surface area (Å²) in [5, 5.41) is 9.13. The molecule has 1 amide bonds. The molecule has 0 aliphatic heterocycles. The van der Waals surface area contributed by atoms with Gasteiger partial charge >= 0.3 is 5.97 Å². The number of carboxylic acids is 1. The van der Waals surface area contributed by atoms with Gasteiger partial charge in [-0.25, -0.2) is 4.79 Å².